The molecule has 1 aromatic rings. The van der Waals surface area contributed by atoms with Crippen LogP contribution in [-0.4, -0.2) is 28.8 Å². The minimum atomic E-state index is -0.968. The topological polar surface area (TPSA) is 66.4 Å². The van der Waals surface area contributed by atoms with E-state index >= 15 is 0 Å². The fraction of sp³-hybridized carbons (Fsp3) is 0.571. The molecule has 0 spiro atoms. The second-order valence-corrected chi connectivity index (χ2v) is 7.28. The van der Waals surface area contributed by atoms with Gasteiger partial charge < -0.3 is 10.4 Å². The predicted molar refractivity (Wildman–Crippen MR) is 82.5 cm³/mol. The van der Waals surface area contributed by atoms with Gasteiger partial charge in [-0.25, -0.2) is 4.79 Å². The van der Waals surface area contributed by atoms with Gasteiger partial charge in [0.1, 0.15) is 6.04 Å². The molecular formula is C14H19NO3S2. The van der Waals surface area contributed by atoms with Gasteiger partial charge in [-0.3, -0.25) is 4.79 Å². The molecule has 2 rings (SSSR count). The highest BCUT2D eigenvalue weighted by atomic mass is 32.2. The van der Waals surface area contributed by atoms with Gasteiger partial charge in [0, 0.05) is 10.6 Å². The third-order valence-corrected chi connectivity index (χ3v) is 5.86. The summed E-state index contributed by atoms with van der Waals surface area (Å²) in [4.78, 5) is 25.4. The summed E-state index contributed by atoms with van der Waals surface area (Å²) >= 11 is 3.37. The third kappa shape index (κ3) is 3.35. The van der Waals surface area contributed by atoms with E-state index in [4.69, 9.17) is 0 Å². The quantitative estimate of drug-likeness (QED) is 0.877. The number of aryl methyl sites for hydroxylation is 1. The maximum Gasteiger partial charge on any atom is 0.326 e. The van der Waals surface area contributed by atoms with Gasteiger partial charge in [0.2, 0.25) is 0 Å². The van der Waals surface area contributed by atoms with Crippen LogP contribution in [0.3, 0.4) is 0 Å². The largest absolute Gasteiger partial charge is 0.480 e. The molecule has 1 amide bonds. The first-order valence-electron chi connectivity index (χ1n) is 6.76. The van der Waals surface area contributed by atoms with Crippen molar-refractivity contribution in [3.8, 4) is 0 Å². The van der Waals surface area contributed by atoms with Gasteiger partial charge in [-0.1, -0.05) is 20.3 Å². The Morgan fingerprint density at radius 1 is 1.50 bits per heavy atom. The number of carboxylic acids is 1. The summed E-state index contributed by atoms with van der Waals surface area (Å²) in [5.74, 6) is 0.736. The Bertz CT molecular complexity index is 489. The standard InChI is InChI=1S/C14H19NO3S2/c1-3-8(2)12(14(17)18)15-13(16)11-6-9-7-19-5-4-10(9)20-11/h6,8,12H,3-5,7H2,1-2H3,(H,15,16)(H,17,18)/t8?,12-/m0/s1. The zero-order valence-electron chi connectivity index (χ0n) is 11.6. The molecule has 1 aliphatic rings. The van der Waals surface area contributed by atoms with Crippen molar-refractivity contribution in [1.82, 2.24) is 5.32 Å². The summed E-state index contributed by atoms with van der Waals surface area (Å²) in [6.07, 6.45) is 1.72. The second-order valence-electron chi connectivity index (χ2n) is 5.04. The lowest BCUT2D eigenvalue weighted by atomic mass is 9.99. The van der Waals surface area contributed by atoms with E-state index in [2.05, 4.69) is 5.32 Å². The maximum atomic E-state index is 12.2. The number of carboxylic acid groups (broad SMARTS) is 1. The summed E-state index contributed by atoms with van der Waals surface area (Å²) in [6, 6.07) is 1.10. The van der Waals surface area contributed by atoms with Crippen LogP contribution in [0.5, 0.6) is 0 Å². The lowest BCUT2D eigenvalue weighted by molar-refractivity contribution is -0.140. The SMILES string of the molecule is CCC(C)[C@H](NC(=O)c1cc2c(s1)CCSC2)C(=O)O. The van der Waals surface area contributed by atoms with E-state index in [1.807, 2.05) is 31.7 Å². The molecule has 2 heterocycles. The average molecular weight is 313 g/mol. The normalized spacial score (nSPS) is 17.1. The Kier molecular flexibility index (Phi) is 5.10. The Morgan fingerprint density at radius 2 is 2.25 bits per heavy atom. The predicted octanol–water partition coefficient (Wildman–Crippen LogP) is 2.77. The summed E-state index contributed by atoms with van der Waals surface area (Å²) < 4.78 is 0. The number of carbonyl (C=O) groups excluding carboxylic acids is 1. The zero-order valence-corrected chi connectivity index (χ0v) is 13.3. The molecule has 110 valence electrons. The van der Waals surface area contributed by atoms with Gasteiger partial charge >= 0.3 is 5.97 Å². The van der Waals surface area contributed by atoms with Crippen molar-refractivity contribution in [3.05, 3.63) is 21.4 Å². The number of rotatable bonds is 5. The van der Waals surface area contributed by atoms with Crippen molar-refractivity contribution >= 4 is 35.0 Å². The third-order valence-electron chi connectivity index (χ3n) is 3.62. The minimum Gasteiger partial charge on any atom is -0.480 e. The molecule has 0 radical (unpaired) electrons. The molecule has 20 heavy (non-hydrogen) atoms. The molecular weight excluding hydrogens is 294 g/mol. The number of hydrogen-bond donors (Lipinski definition) is 2. The van der Waals surface area contributed by atoms with Crippen LogP contribution in [0, 0.1) is 5.92 Å². The first-order chi connectivity index (χ1) is 9.52. The molecule has 4 nitrogen and oxygen atoms in total. The number of fused-ring (bicyclic) bond motifs is 1. The first-order valence-corrected chi connectivity index (χ1v) is 8.73. The van der Waals surface area contributed by atoms with E-state index in [9.17, 15) is 14.7 Å². The molecule has 1 aromatic heterocycles. The lowest BCUT2D eigenvalue weighted by Crippen LogP contribution is -2.44. The molecule has 0 bridgehead atoms. The minimum absolute atomic E-state index is 0.0819. The molecule has 2 atom stereocenters. The van der Waals surface area contributed by atoms with Crippen molar-refractivity contribution in [2.45, 2.75) is 38.5 Å². The number of aliphatic carboxylic acids is 1. The Hall–Kier alpha value is -1.01. The van der Waals surface area contributed by atoms with Gasteiger partial charge in [-0.2, -0.15) is 11.8 Å². The highest BCUT2D eigenvalue weighted by molar-refractivity contribution is 7.98. The van der Waals surface area contributed by atoms with E-state index in [0.29, 0.717) is 4.88 Å². The Morgan fingerprint density at radius 3 is 2.85 bits per heavy atom. The number of carbonyl (C=O) groups is 2. The fourth-order valence-corrected chi connectivity index (χ4v) is 4.43. The van der Waals surface area contributed by atoms with Crippen LogP contribution in [0.25, 0.3) is 0 Å². The summed E-state index contributed by atoms with van der Waals surface area (Å²) in [5.41, 5.74) is 1.23. The number of amides is 1. The molecule has 1 aliphatic heterocycles. The molecule has 2 N–H and O–H groups in total. The summed E-state index contributed by atoms with van der Waals surface area (Å²) in [6.45, 7) is 3.77. The second kappa shape index (κ2) is 6.63. The number of thioether (sulfide) groups is 1. The summed E-state index contributed by atoms with van der Waals surface area (Å²) in [5, 5.41) is 11.9. The fourth-order valence-electron chi connectivity index (χ4n) is 2.15. The number of hydrogen-bond acceptors (Lipinski definition) is 4. The van der Waals surface area contributed by atoms with Crippen LogP contribution in [0.1, 0.15) is 40.4 Å². The maximum absolute atomic E-state index is 12.2. The number of nitrogens with one attached hydrogen (secondary N) is 1. The van der Waals surface area contributed by atoms with Gasteiger partial charge in [-0.05, 0) is 29.7 Å². The first kappa shape index (κ1) is 15.4. The molecule has 0 aliphatic carbocycles. The van der Waals surface area contributed by atoms with Crippen molar-refractivity contribution in [1.29, 1.82) is 0 Å². The van der Waals surface area contributed by atoms with Crippen LogP contribution >= 0.6 is 23.1 Å². The van der Waals surface area contributed by atoms with Crippen LogP contribution in [-0.2, 0) is 17.0 Å². The van der Waals surface area contributed by atoms with E-state index in [1.54, 1.807) is 0 Å². The van der Waals surface area contributed by atoms with Crippen LogP contribution in [0.15, 0.2) is 6.07 Å². The average Bonchev–Trinajstić information content (AvgIpc) is 2.87. The van der Waals surface area contributed by atoms with Gasteiger partial charge in [-0.15, -0.1) is 11.3 Å². The molecule has 1 unspecified atom stereocenters. The lowest BCUT2D eigenvalue weighted by Gasteiger charge is -2.19. The van der Waals surface area contributed by atoms with E-state index < -0.39 is 12.0 Å². The van der Waals surface area contributed by atoms with Crippen molar-refractivity contribution in [2.75, 3.05) is 5.75 Å². The van der Waals surface area contributed by atoms with Gasteiger partial charge in [0.15, 0.2) is 0 Å². The van der Waals surface area contributed by atoms with Crippen LogP contribution < -0.4 is 5.32 Å². The van der Waals surface area contributed by atoms with Gasteiger partial charge in [0.05, 0.1) is 4.88 Å². The highest BCUT2D eigenvalue weighted by Gasteiger charge is 2.27. The molecule has 0 saturated carbocycles. The molecule has 0 aromatic carbocycles. The summed E-state index contributed by atoms with van der Waals surface area (Å²) in [7, 11) is 0. The highest BCUT2D eigenvalue weighted by Crippen LogP contribution is 2.31. The monoisotopic (exact) mass is 313 g/mol. The van der Waals surface area contributed by atoms with Gasteiger partial charge in [0.25, 0.3) is 5.91 Å². The van der Waals surface area contributed by atoms with E-state index in [1.165, 1.54) is 21.8 Å². The van der Waals surface area contributed by atoms with E-state index in [0.717, 1.165) is 24.3 Å². The molecule has 0 fully saturated rings. The number of thiophene rings is 1. The van der Waals surface area contributed by atoms with Crippen molar-refractivity contribution in [3.63, 3.8) is 0 Å². The molecule has 0 saturated heterocycles. The van der Waals surface area contributed by atoms with Crippen LogP contribution in [0.4, 0.5) is 0 Å². The van der Waals surface area contributed by atoms with E-state index in [-0.39, 0.29) is 11.8 Å². The molecule has 6 heteroatoms. The van der Waals surface area contributed by atoms with Crippen molar-refractivity contribution in [2.24, 2.45) is 5.92 Å². The Balaban J connectivity index is 2.10. The van der Waals surface area contributed by atoms with Crippen LogP contribution in [0.2, 0.25) is 0 Å². The smallest absolute Gasteiger partial charge is 0.326 e. The Labute approximate surface area is 127 Å². The van der Waals surface area contributed by atoms with Crippen molar-refractivity contribution < 1.29 is 14.7 Å². The zero-order chi connectivity index (χ0) is 14.7.